The van der Waals surface area contributed by atoms with Crippen molar-refractivity contribution in [3.05, 3.63) is 51.9 Å². The molecule has 0 spiro atoms. The summed E-state index contributed by atoms with van der Waals surface area (Å²) in [4.78, 5) is 23.9. The third-order valence-electron chi connectivity index (χ3n) is 4.16. The first-order chi connectivity index (χ1) is 14.2. The molecule has 6 nitrogen and oxygen atoms in total. The molecule has 1 aromatic carbocycles. The topological polar surface area (TPSA) is 75.0 Å². The number of rotatable bonds is 9. The lowest BCUT2D eigenvalue weighted by molar-refractivity contribution is -0.132. The largest absolute Gasteiger partial charge is 0.491 e. The summed E-state index contributed by atoms with van der Waals surface area (Å²) in [6.45, 7) is 11.4. The summed E-state index contributed by atoms with van der Waals surface area (Å²) in [5.41, 5.74) is 1.97. The van der Waals surface area contributed by atoms with Crippen LogP contribution in [0.3, 0.4) is 0 Å². The van der Waals surface area contributed by atoms with Crippen LogP contribution in [0.25, 0.3) is 11.0 Å². The highest BCUT2D eigenvalue weighted by molar-refractivity contribution is 5.87. The van der Waals surface area contributed by atoms with Gasteiger partial charge >= 0.3 is 11.6 Å². The smallest absolute Gasteiger partial charge is 0.383 e. The fraction of sp³-hybridized carbons (Fsp3) is 0.417. The molecular formula is C24H30O6. The molecule has 2 aromatic rings. The van der Waals surface area contributed by atoms with Gasteiger partial charge in [0, 0.05) is 13.0 Å². The fourth-order valence-corrected chi connectivity index (χ4v) is 2.81. The second-order valence-electron chi connectivity index (χ2n) is 7.65. The van der Waals surface area contributed by atoms with Gasteiger partial charge in [-0.15, -0.1) is 0 Å². The Morgan fingerprint density at radius 2 is 1.83 bits per heavy atom. The molecule has 0 N–H and O–H groups in total. The standard InChI is InChI=1S/C24H30O6/c1-15(2)8-7-9-17(5)12-13-27-22-20-11-10-19(28-16(3)4)14-21(20)30-24(26)23(22)29-18(6)25/h8,10-12,14,16H,7,9,13H2,1-6H3/b17-12+. The maximum absolute atomic E-state index is 12.4. The van der Waals surface area contributed by atoms with Gasteiger partial charge < -0.3 is 18.6 Å². The Bertz CT molecular complexity index is 1010. The van der Waals surface area contributed by atoms with Crippen molar-refractivity contribution in [3.8, 4) is 17.2 Å². The number of hydrogen-bond acceptors (Lipinski definition) is 6. The maximum atomic E-state index is 12.4. The normalized spacial score (nSPS) is 11.5. The molecule has 0 saturated heterocycles. The molecule has 0 saturated carbocycles. The van der Waals surface area contributed by atoms with Gasteiger partial charge in [-0.2, -0.15) is 0 Å². The Hall–Kier alpha value is -3.02. The zero-order valence-corrected chi connectivity index (χ0v) is 18.5. The summed E-state index contributed by atoms with van der Waals surface area (Å²) in [6.07, 6.45) is 5.99. The molecule has 0 amide bonds. The van der Waals surface area contributed by atoms with Gasteiger partial charge in [-0.05, 0) is 65.7 Å². The molecule has 0 atom stereocenters. The highest BCUT2D eigenvalue weighted by Crippen LogP contribution is 2.35. The first kappa shape index (κ1) is 23.3. The van der Waals surface area contributed by atoms with Crippen LogP contribution in [-0.4, -0.2) is 18.7 Å². The minimum absolute atomic E-state index is 0.0235. The van der Waals surface area contributed by atoms with Crippen molar-refractivity contribution in [1.82, 2.24) is 0 Å². The number of carbonyl (C=O) groups is 1. The molecule has 6 heteroatoms. The molecule has 0 radical (unpaired) electrons. The maximum Gasteiger partial charge on any atom is 0.383 e. The Morgan fingerprint density at radius 1 is 1.10 bits per heavy atom. The van der Waals surface area contributed by atoms with E-state index >= 15 is 0 Å². The lowest BCUT2D eigenvalue weighted by Gasteiger charge is -2.13. The van der Waals surface area contributed by atoms with Crippen LogP contribution in [0.1, 0.15) is 54.4 Å². The summed E-state index contributed by atoms with van der Waals surface area (Å²) in [5.74, 6) is -0.120. The predicted molar refractivity (Wildman–Crippen MR) is 117 cm³/mol. The van der Waals surface area contributed by atoms with Crippen LogP contribution in [0, 0.1) is 0 Å². The van der Waals surface area contributed by atoms with E-state index in [2.05, 4.69) is 19.9 Å². The molecular weight excluding hydrogens is 384 g/mol. The third kappa shape index (κ3) is 6.79. The molecule has 0 aliphatic carbocycles. The van der Waals surface area contributed by atoms with Crippen molar-refractivity contribution in [1.29, 1.82) is 0 Å². The van der Waals surface area contributed by atoms with Gasteiger partial charge in [0.25, 0.3) is 5.75 Å². The van der Waals surface area contributed by atoms with Crippen molar-refractivity contribution in [3.63, 3.8) is 0 Å². The summed E-state index contributed by atoms with van der Waals surface area (Å²) < 4.78 is 22.0. The van der Waals surface area contributed by atoms with E-state index in [0.29, 0.717) is 16.7 Å². The zero-order chi connectivity index (χ0) is 22.3. The van der Waals surface area contributed by atoms with Gasteiger partial charge in [0.15, 0.2) is 5.75 Å². The minimum atomic E-state index is -0.779. The molecule has 2 rings (SSSR count). The third-order valence-corrected chi connectivity index (χ3v) is 4.16. The van der Waals surface area contributed by atoms with Gasteiger partial charge in [0.2, 0.25) is 0 Å². The Labute approximate surface area is 177 Å². The van der Waals surface area contributed by atoms with Crippen LogP contribution >= 0.6 is 0 Å². The van der Waals surface area contributed by atoms with Gasteiger partial charge in [-0.1, -0.05) is 17.2 Å². The number of carbonyl (C=O) groups excluding carboxylic acids is 1. The van der Waals surface area contributed by atoms with E-state index in [1.807, 2.05) is 26.8 Å². The number of benzene rings is 1. The van der Waals surface area contributed by atoms with Crippen molar-refractivity contribution < 1.29 is 23.4 Å². The van der Waals surface area contributed by atoms with E-state index < -0.39 is 11.6 Å². The van der Waals surface area contributed by atoms with Crippen molar-refractivity contribution >= 4 is 16.9 Å². The number of fused-ring (bicyclic) bond motifs is 1. The first-order valence-corrected chi connectivity index (χ1v) is 10.0. The summed E-state index contributed by atoms with van der Waals surface area (Å²) in [6, 6.07) is 5.11. The van der Waals surface area contributed by atoms with Crippen LogP contribution in [0.4, 0.5) is 0 Å². The van der Waals surface area contributed by atoms with Gasteiger partial charge in [-0.3, -0.25) is 4.79 Å². The Morgan fingerprint density at radius 3 is 2.47 bits per heavy atom. The lowest BCUT2D eigenvalue weighted by atomic mass is 10.1. The molecule has 30 heavy (non-hydrogen) atoms. The summed E-state index contributed by atoms with van der Waals surface area (Å²) in [7, 11) is 0. The number of hydrogen-bond donors (Lipinski definition) is 0. The quantitative estimate of drug-likeness (QED) is 0.303. The molecule has 1 heterocycles. The highest BCUT2D eigenvalue weighted by atomic mass is 16.6. The second-order valence-corrected chi connectivity index (χ2v) is 7.65. The fourth-order valence-electron chi connectivity index (χ4n) is 2.81. The van der Waals surface area contributed by atoms with Gasteiger partial charge in [-0.25, -0.2) is 4.79 Å². The minimum Gasteiger partial charge on any atom is -0.491 e. The number of esters is 1. The monoisotopic (exact) mass is 414 g/mol. The number of ether oxygens (including phenoxy) is 3. The predicted octanol–water partition coefficient (Wildman–Crippen LogP) is 5.58. The van der Waals surface area contributed by atoms with Crippen molar-refractivity contribution in [2.24, 2.45) is 0 Å². The van der Waals surface area contributed by atoms with E-state index in [1.54, 1.807) is 18.2 Å². The summed E-state index contributed by atoms with van der Waals surface area (Å²) >= 11 is 0. The lowest BCUT2D eigenvalue weighted by Crippen LogP contribution is -2.13. The van der Waals surface area contributed by atoms with Gasteiger partial charge in [0.1, 0.15) is 17.9 Å². The summed E-state index contributed by atoms with van der Waals surface area (Å²) in [5, 5.41) is 0.526. The van der Waals surface area contributed by atoms with Crippen LogP contribution in [0.5, 0.6) is 17.2 Å². The molecule has 0 bridgehead atoms. The molecule has 0 aliphatic rings. The Balaban J connectivity index is 2.35. The second kappa shape index (κ2) is 10.7. The molecule has 1 aromatic heterocycles. The first-order valence-electron chi connectivity index (χ1n) is 10.0. The average Bonchev–Trinajstić information content (AvgIpc) is 2.62. The number of allylic oxidation sites excluding steroid dienone is 3. The van der Waals surface area contributed by atoms with Crippen LogP contribution in [0.2, 0.25) is 0 Å². The van der Waals surface area contributed by atoms with Gasteiger partial charge in [0.05, 0.1) is 11.5 Å². The molecule has 0 aliphatic heterocycles. The van der Waals surface area contributed by atoms with Crippen molar-refractivity contribution in [2.75, 3.05) is 6.61 Å². The van der Waals surface area contributed by atoms with E-state index in [0.717, 1.165) is 12.8 Å². The van der Waals surface area contributed by atoms with Crippen LogP contribution in [0.15, 0.2) is 50.7 Å². The van der Waals surface area contributed by atoms with Crippen molar-refractivity contribution in [2.45, 2.75) is 60.5 Å². The van der Waals surface area contributed by atoms with E-state index in [4.69, 9.17) is 18.6 Å². The molecule has 162 valence electrons. The van der Waals surface area contributed by atoms with Crippen LogP contribution < -0.4 is 19.8 Å². The van der Waals surface area contributed by atoms with E-state index in [-0.39, 0.29) is 24.2 Å². The molecule has 0 unspecified atom stereocenters. The SMILES string of the molecule is CC(=O)Oc1c(OC/C=C(\C)CCC=C(C)C)c2ccc(OC(C)C)cc2oc1=O. The Kier molecular flexibility index (Phi) is 8.27. The van der Waals surface area contributed by atoms with E-state index in [9.17, 15) is 9.59 Å². The highest BCUT2D eigenvalue weighted by Gasteiger charge is 2.20. The van der Waals surface area contributed by atoms with E-state index in [1.165, 1.54) is 18.1 Å². The zero-order valence-electron chi connectivity index (χ0n) is 18.5. The molecule has 0 fully saturated rings. The van der Waals surface area contributed by atoms with Crippen LogP contribution in [-0.2, 0) is 4.79 Å². The average molecular weight is 414 g/mol.